The van der Waals surface area contributed by atoms with Crippen LogP contribution in [-0.2, 0) is 11.3 Å². The second-order valence-corrected chi connectivity index (χ2v) is 6.85. The molecule has 0 aliphatic carbocycles. The van der Waals surface area contributed by atoms with Crippen LogP contribution in [0, 0.1) is 25.5 Å². The third-order valence-corrected chi connectivity index (χ3v) is 4.73. The predicted octanol–water partition coefficient (Wildman–Crippen LogP) is 4.56. The summed E-state index contributed by atoms with van der Waals surface area (Å²) in [6.45, 7) is 6.59. The maximum atomic E-state index is 12.3. The van der Waals surface area contributed by atoms with Gasteiger partial charge in [-0.2, -0.15) is 5.10 Å². The molecule has 1 amide bonds. The van der Waals surface area contributed by atoms with Crippen molar-refractivity contribution in [3.63, 3.8) is 0 Å². The quantitative estimate of drug-likeness (QED) is 0.651. The van der Waals surface area contributed by atoms with Gasteiger partial charge in [-0.1, -0.05) is 35.9 Å². The molecule has 0 saturated heterocycles. The van der Waals surface area contributed by atoms with Crippen LogP contribution in [0.15, 0.2) is 42.5 Å². The number of carbonyl (C=O) groups is 1. The Bertz CT molecular complexity index is 986. The molecule has 1 aromatic heterocycles. The number of anilines is 1. The first kappa shape index (κ1) is 18.1. The molecule has 26 heavy (non-hydrogen) atoms. The molecular weight excluding hydrogens is 344 g/mol. The van der Waals surface area contributed by atoms with E-state index in [9.17, 15) is 4.79 Å². The molecule has 5 nitrogen and oxygen atoms in total. The summed E-state index contributed by atoms with van der Waals surface area (Å²) in [6.07, 6.45) is 0.319. The molecule has 3 aromatic rings. The Morgan fingerprint density at radius 2 is 1.85 bits per heavy atom. The maximum Gasteiger partial charge on any atom is 0.226 e. The summed E-state index contributed by atoms with van der Waals surface area (Å²) in [4.78, 5) is 12.3. The lowest BCUT2D eigenvalue weighted by atomic mass is 10.1. The number of hydrogen-bond acceptors (Lipinski definition) is 3. The third-order valence-electron chi connectivity index (χ3n) is 4.42. The van der Waals surface area contributed by atoms with Crippen molar-refractivity contribution in [1.29, 1.82) is 0 Å². The van der Waals surface area contributed by atoms with Gasteiger partial charge in [-0.15, -0.1) is 0 Å². The van der Waals surface area contributed by atoms with Crippen LogP contribution in [0.2, 0.25) is 0 Å². The van der Waals surface area contributed by atoms with E-state index in [0.717, 1.165) is 22.6 Å². The highest BCUT2D eigenvalue weighted by molar-refractivity contribution is 7.71. The molecule has 0 saturated carbocycles. The summed E-state index contributed by atoms with van der Waals surface area (Å²) in [7, 11) is 0. The van der Waals surface area contributed by atoms with Crippen LogP contribution in [0.25, 0.3) is 11.4 Å². The molecule has 2 N–H and O–H groups in total. The van der Waals surface area contributed by atoms with Crippen molar-refractivity contribution in [2.75, 3.05) is 5.32 Å². The van der Waals surface area contributed by atoms with Gasteiger partial charge in [-0.3, -0.25) is 14.5 Å². The number of carbonyl (C=O) groups excluding carboxylic acids is 1. The zero-order valence-corrected chi connectivity index (χ0v) is 16.0. The zero-order valence-electron chi connectivity index (χ0n) is 15.2. The molecule has 0 unspecified atom stereocenters. The van der Waals surface area contributed by atoms with E-state index in [0.29, 0.717) is 17.7 Å². The van der Waals surface area contributed by atoms with Gasteiger partial charge in [0.25, 0.3) is 0 Å². The van der Waals surface area contributed by atoms with Crippen LogP contribution >= 0.6 is 12.2 Å². The zero-order chi connectivity index (χ0) is 18.7. The average Bonchev–Trinajstić information content (AvgIpc) is 2.98. The number of aromatic nitrogens is 3. The highest BCUT2D eigenvalue weighted by atomic mass is 32.1. The van der Waals surface area contributed by atoms with Crippen molar-refractivity contribution in [2.24, 2.45) is 0 Å². The second kappa shape index (κ2) is 7.66. The first-order chi connectivity index (χ1) is 12.4. The molecule has 0 bridgehead atoms. The summed E-state index contributed by atoms with van der Waals surface area (Å²) < 4.78 is 2.37. The van der Waals surface area contributed by atoms with Crippen molar-refractivity contribution >= 4 is 23.8 Å². The van der Waals surface area contributed by atoms with Crippen LogP contribution in [0.4, 0.5) is 5.69 Å². The number of nitrogens with one attached hydrogen (secondary N) is 2. The van der Waals surface area contributed by atoms with E-state index in [1.807, 2.05) is 67.8 Å². The minimum atomic E-state index is -0.0498. The van der Waals surface area contributed by atoms with Gasteiger partial charge < -0.3 is 5.32 Å². The minimum Gasteiger partial charge on any atom is -0.326 e. The van der Waals surface area contributed by atoms with Crippen LogP contribution in [0.3, 0.4) is 0 Å². The standard InChI is InChI=1S/C20H22N4OS/c1-13-4-7-16(8-5-13)19-22-23-20(26)24(19)11-10-18(25)21-17-9-6-14(2)15(3)12-17/h4-9,12H,10-11H2,1-3H3,(H,21,25)(H,23,26). The fraction of sp³-hybridized carbons (Fsp3) is 0.250. The number of rotatable bonds is 5. The molecule has 2 aromatic carbocycles. The maximum absolute atomic E-state index is 12.3. The molecule has 134 valence electrons. The van der Waals surface area contributed by atoms with Crippen LogP contribution in [-0.4, -0.2) is 20.7 Å². The number of aromatic amines is 1. The topological polar surface area (TPSA) is 62.7 Å². The summed E-state index contributed by atoms with van der Waals surface area (Å²) in [5, 5.41) is 10.1. The van der Waals surface area contributed by atoms with Gasteiger partial charge >= 0.3 is 0 Å². The molecule has 0 aliphatic heterocycles. The monoisotopic (exact) mass is 366 g/mol. The van der Waals surface area contributed by atoms with E-state index in [4.69, 9.17) is 12.2 Å². The van der Waals surface area contributed by atoms with Gasteiger partial charge in [0.2, 0.25) is 5.91 Å². The number of nitrogens with zero attached hydrogens (tertiary/aromatic N) is 2. The lowest BCUT2D eigenvalue weighted by molar-refractivity contribution is -0.116. The minimum absolute atomic E-state index is 0.0498. The molecule has 0 fully saturated rings. The molecular formula is C20H22N4OS. The Labute approximate surface area is 158 Å². The summed E-state index contributed by atoms with van der Waals surface area (Å²) >= 11 is 5.32. The van der Waals surface area contributed by atoms with Crippen molar-refractivity contribution in [1.82, 2.24) is 14.8 Å². The van der Waals surface area contributed by atoms with Crippen molar-refractivity contribution in [2.45, 2.75) is 33.7 Å². The number of H-pyrrole nitrogens is 1. The third kappa shape index (κ3) is 4.08. The van der Waals surface area contributed by atoms with Crippen LogP contribution in [0.1, 0.15) is 23.1 Å². The number of benzene rings is 2. The van der Waals surface area contributed by atoms with E-state index < -0.39 is 0 Å². The predicted molar refractivity (Wildman–Crippen MR) is 107 cm³/mol. The SMILES string of the molecule is Cc1ccc(-c2n[nH]c(=S)n2CCC(=O)Nc2ccc(C)c(C)c2)cc1. The van der Waals surface area contributed by atoms with Gasteiger partial charge in [-0.25, -0.2) is 0 Å². The molecule has 3 rings (SSSR count). The fourth-order valence-corrected chi connectivity index (χ4v) is 2.93. The van der Waals surface area contributed by atoms with E-state index in [1.165, 1.54) is 11.1 Å². The Morgan fingerprint density at radius 3 is 2.54 bits per heavy atom. The summed E-state index contributed by atoms with van der Waals surface area (Å²) in [5.74, 6) is 0.695. The molecule has 0 radical (unpaired) electrons. The van der Waals surface area contributed by atoms with Crippen molar-refractivity contribution < 1.29 is 4.79 Å². The largest absolute Gasteiger partial charge is 0.326 e. The first-order valence-corrected chi connectivity index (χ1v) is 8.94. The van der Waals surface area contributed by atoms with E-state index in [-0.39, 0.29) is 5.91 Å². The lowest BCUT2D eigenvalue weighted by Crippen LogP contribution is -2.15. The lowest BCUT2D eigenvalue weighted by Gasteiger charge is -2.09. The van der Waals surface area contributed by atoms with E-state index in [1.54, 1.807) is 0 Å². The Hall–Kier alpha value is -2.73. The van der Waals surface area contributed by atoms with E-state index >= 15 is 0 Å². The molecule has 1 heterocycles. The molecule has 6 heteroatoms. The number of amides is 1. The van der Waals surface area contributed by atoms with Gasteiger partial charge in [0.1, 0.15) is 0 Å². The van der Waals surface area contributed by atoms with Gasteiger partial charge in [0.05, 0.1) is 0 Å². The second-order valence-electron chi connectivity index (χ2n) is 6.47. The number of hydrogen-bond donors (Lipinski definition) is 2. The van der Waals surface area contributed by atoms with Gasteiger partial charge in [0.15, 0.2) is 10.6 Å². The molecule has 0 atom stereocenters. The molecule has 0 aliphatic rings. The van der Waals surface area contributed by atoms with Crippen molar-refractivity contribution in [3.8, 4) is 11.4 Å². The first-order valence-electron chi connectivity index (χ1n) is 8.53. The Balaban J connectivity index is 1.70. The Morgan fingerprint density at radius 1 is 1.12 bits per heavy atom. The highest BCUT2D eigenvalue weighted by Crippen LogP contribution is 2.19. The average molecular weight is 366 g/mol. The number of aryl methyl sites for hydroxylation is 3. The van der Waals surface area contributed by atoms with Crippen LogP contribution in [0.5, 0.6) is 0 Å². The van der Waals surface area contributed by atoms with E-state index in [2.05, 4.69) is 15.5 Å². The fourth-order valence-electron chi connectivity index (χ4n) is 2.70. The summed E-state index contributed by atoms with van der Waals surface area (Å²) in [6, 6.07) is 14.0. The van der Waals surface area contributed by atoms with Crippen LogP contribution < -0.4 is 5.32 Å². The summed E-state index contributed by atoms with van der Waals surface area (Å²) in [5.41, 5.74) is 5.32. The highest BCUT2D eigenvalue weighted by Gasteiger charge is 2.11. The molecule has 0 spiro atoms. The normalized spacial score (nSPS) is 10.7. The Kier molecular flexibility index (Phi) is 5.32. The smallest absolute Gasteiger partial charge is 0.226 e. The van der Waals surface area contributed by atoms with Crippen molar-refractivity contribution in [3.05, 3.63) is 63.9 Å². The van der Waals surface area contributed by atoms with Gasteiger partial charge in [0, 0.05) is 24.2 Å². The van der Waals surface area contributed by atoms with Gasteiger partial charge in [-0.05, 0) is 56.2 Å².